The lowest BCUT2D eigenvalue weighted by molar-refractivity contribution is 0.0482. The number of carbonyl (C=O) groups is 1. The highest BCUT2D eigenvalue weighted by atomic mass is 16.6. The molecule has 0 bridgehead atoms. The number of likely N-dealkylation sites (tertiary alicyclic amines) is 2. The van der Waals surface area contributed by atoms with Gasteiger partial charge in [0, 0.05) is 19.1 Å². The molecule has 0 radical (unpaired) electrons. The molecule has 4 heteroatoms. The van der Waals surface area contributed by atoms with Gasteiger partial charge in [0.1, 0.15) is 6.61 Å². The molecule has 108 valence electrons. The van der Waals surface area contributed by atoms with E-state index in [4.69, 9.17) is 4.74 Å². The number of hydrogen-bond acceptors (Lipinski definition) is 3. The van der Waals surface area contributed by atoms with Crippen LogP contribution < -0.4 is 0 Å². The molecule has 3 rings (SSSR count). The zero-order valence-corrected chi connectivity index (χ0v) is 11.8. The standard InChI is InChI=1S/C16H22N2O2/c19-16(20-13-14-5-2-1-3-6-14)18-11-7-15(8-12-18)17-9-4-10-17/h1-3,5-6,15H,4,7-13H2. The quantitative estimate of drug-likeness (QED) is 0.849. The van der Waals surface area contributed by atoms with Gasteiger partial charge in [-0.15, -0.1) is 0 Å². The van der Waals surface area contributed by atoms with Gasteiger partial charge in [0.05, 0.1) is 0 Å². The van der Waals surface area contributed by atoms with Crippen molar-refractivity contribution in [1.82, 2.24) is 9.80 Å². The zero-order chi connectivity index (χ0) is 13.8. The Hall–Kier alpha value is -1.55. The maximum Gasteiger partial charge on any atom is 0.410 e. The van der Waals surface area contributed by atoms with Crippen molar-refractivity contribution in [1.29, 1.82) is 0 Å². The van der Waals surface area contributed by atoms with Gasteiger partial charge in [-0.2, -0.15) is 0 Å². The molecule has 0 aliphatic carbocycles. The number of amides is 1. The molecular formula is C16H22N2O2. The first-order valence-corrected chi connectivity index (χ1v) is 7.52. The lowest BCUT2D eigenvalue weighted by Gasteiger charge is -2.42. The summed E-state index contributed by atoms with van der Waals surface area (Å²) in [7, 11) is 0. The van der Waals surface area contributed by atoms with Crippen LogP contribution in [0.25, 0.3) is 0 Å². The molecule has 2 fully saturated rings. The number of rotatable bonds is 3. The van der Waals surface area contributed by atoms with Gasteiger partial charge in [-0.05, 0) is 37.9 Å². The summed E-state index contributed by atoms with van der Waals surface area (Å²) in [6.07, 6.45) is 3.33. The molecule has 4 nitrogen and oxygen atoms in total. The van der Waals surface area contributed by atoms with E-state index in [2.05, 4.69) is 4.90 Å². The molecular weight excluding hydrogens is 252 g/mol. The van der Waals surface area contributed by atoms with Crippen LogP contribution in [0.3, 0.4) is 0 Å². The van der Waals surface area contributed by atoms with Crippen molar-refractivity contribution >= 4 is 6.09 Å². The summed E-state index contributed by atoms with van der Waals surface area (Å²) in [6, 6.07) is 10.5. The molecule has 0 saturated carbocycles. The first kappa shape index (κ1) is 13.4. The summed E-state index contributed by atoms with van der Waals surface area (Å²) in [5, 5.41) is 0. The second-order valence-corrected chi connectivity index (χ2v) is 5.65. The van der Waals surface area contributed by atoms with Gasteiger partial charge in [0.25, 0.3) is 0 Å². The van der Waals surface area contributed by atoms with Crippen LogP contribution in [0.1, 0.15) is 24.8 Å². The average molecular weight is 274 g/mol. The van der Waals surface area contributed by atoms with Crippen LogP contribution in [0.15, 0.2) is 30.3 Å². The third-order valence-corrected chi connectivity index (χ3v) is 4.33. The normalized spacial score (nSPS) is 20.5. The molecule has 2 saturated heterocycles. The van der Waals surface area contributed by atoms with E-state index in [9.17, 15) is 4.79 Å². The second kappa shape index (κ2) is 6.27. The summed E-state index contributed by atoms with van der Waals surface area (Å²) >= 11 is 0. The first-order valence-electron chi connectivity index (χ1n) is 7.52. The Morgan fingerprint density at radius 2 is 1.80 bits per heavy atom. The van der Waals surface area contributed by atoms with Gasteiger partial charge in [-0.25, -0.2) is 4.79 Å². The van der Waals surface area contributed by atoms with Crippen molar-refractivity contribution in [2.24, 2.45) is 0 Å². The van der Waals surface area contributed by atoms with E-state index in [0.717, 1.165) is 31.5 Å². The number of piperidine rings is 1. The minimum atomic E-state index is -0.170. The van der Waals surface area contributed by atoms with Crippen LogP contribution in [0.4, 0.5) is 4.79 Å². The fourth-order valence-corrected chi connectivity index (χ4v) is 2.93. The van der Waals surface area contributed by atoms with E-state index in [1.54, 1.807) is 0 Å². The number of hydrogen-bond donors (Lipinski definition) is 0. The molecule has 0 unspecified atom stereocenters. The largest absolute Gasteiger partial charge is 0.445 e. The fraction of sp³-hybridized carbons (Fsp3) is 0.562. The minimum absolute atomic E-state index is 0.170. The van der Waals surface area contributed by atoms with Crippen LogP contribution >= 0.6 is 0 Å². The monoisotopic (exact) mass is 274 g/mol. The molecule has 1 aromatic rings. The highest BCUT2D eigenvalue weighted by Gasteiger charge is 2.29. The summed E-state index contributed by atoms with van der Waals surface area (Å²) in [5.41, 5.74) is 1.04. The van der Waals surface area contributed by atoms with E-state index in [1.807, 2.05) is 35.2 Å². The third-order valence-electron chi connectivity index (χ3n) is 4.33. The lowest BCUT2D eigenvalue weighted by Crippen LogP contribution is -2.51. The van der Waals surface area contributed by atoms with Crippen LogP contribution in [-0.2, 0) is 11.3 Å². The van der Waals surface area contributed by atoms with E-state index in [-0.39, 0.29) is 6.09 Å². The van der Waals surface area contributed by atoms with Gasteiger partial charge in [0.15, 0.2) is 0 Å². The first-order chi connectivity index (χ1) is 9.83. The Morgan fingerprint density at radius 3 is 2.40 bits per heavy atom. The molecule has 2 heterocycles. The minimum Gasteiger partial charge on any atom is -0.445 e. The smallest absolute Gasteiger partial charge is 0.410 e. The SMILES string of the molecule is O=C(OCc1ccccc1)N1CCC(N2CCC2)CC1. The molecule has 2 aliphatic heterocycles. The number of nitrogens with zero attached hydrogens (tertiary/aromatic N) is 2. The number of carbonyl (C=O) groups excluding carboxylic acids is 1. The van der Waals surface area contributed by atoms with Crippen LogP contribution in [0, 0.1) is 0 Å². The molecule has 1 aromatic carbocycles. The molecule has 0 aromatic heterocycles. The van der Waals surface area contributed by atoms with Crippen molar-refractivity contribution in [2.75, 3.05) is 26.2 Å². The topological polar surface area (TPSA) is 32.8 Å². The van der Waals surface area contributed by atoms with Crippen molar-refractivity contribution in [3.8, 4) is 0 Å². The van der Waals surface area contributed by atoms with E-state index < -0.39 is 0 Å². The molecule has 1 amide bonds. The number of benzene rings is 1. The van der Waals surface area contributed by atoms with Crippen LogP contribution in [0.5, 0.6) is 0 Å². The maximum absolute atomic E-state index is 12.0. The second-order valence-electron chi connectivity index (χ2n) is 5.65. The summed E-state index contributed by atoms with van der Waals surface area (Å²) in [5.74, 6) is 0. The highest BCUT2D eigenvalue weighted by molar-refractivity contribution is 5.67. The Balaban J connectivity index is 1.42. The Bertz CT molecular complexity index is 437. The van der Waals surface area contributed by atoms with Crippen LogP contribution in [0.2, 0.25) is 0 Å². The average Bonchev–Trinajstić information content (AvgIpc) is 2.45. The fourth-order valence-electron chi connectivity index (χ4n) is 2.93. The zero-order valence-electron chi connectivity index (χ0n) is 11.8. The summed E-state index contributed by atoms with van der Waals surface area (Å²) in [4.78, 5) is 16.4. The predicted molar refractivity (Wildman–Crippen MR) is 77.4 cm³/mol. The predicted octanol–water partition coefficient (Wildman–Crippen LogP) is 2.49. The summed E-state index contributed by atoms with van der Waals surface area (Å²) < 4.78 is 5.38. The molecule has 0 atom stereocenters. The Kier molecular flexibility index (Phi) is 4.21. The third kappa shape index (κ3) is 3.12. The molecule has 2 aliphatic rings. The van der Waals surface area contributed by atoms with Gasteiger partial charge in [-0.1, -0.05) is 30.3 Å². The summed E-state index contributed by atoms with van der Waals surface area (Å²) in [6.45, 7) is 4.50. The van der Waals surface area contributed by atoms with Gasteiger partial charge in [-0.3, -0.25) is 0 Å². The highest BCUT2D eigenvalue weighted by Crippen LogP contribution is 2.21. The molecule has 20 heavy (non-hydrogen) atoms. The number of ether oxygens (including phenoxy) is 1. The molecule has 0 N–H and O–H groups in total. The molecule has 0 spiro atoms. The lowest BCUT2D eigenvalue weighted by atomic mass is 10.00. The van der Waals surface area contributed by atoms with E-state index >= 15 is 0 Å². The van der Waals surface area contributed by atoms with Crippen molar-refractivity contribution in [2.45, 2.75) is 31.9 Å². The van der Waals surface area contributed by atoms with Crippen LogP contribution in [-0.4, -0.2) is 48.1 Å². The van der Waals surface area contributed by atoms with Gasteiger partial charge >= 0.3 is 6.09 Å². The van der Waals surface area contributed by atoms with Crippen molar-refractivity contribution < 1.29 is 9.53 Å². The van der Waals surface area contributed by atoms with Gasteiger partial charge in [0.2, 0.25) is 0 Å². The van der Waals surface area contributed by atoms with E-state index in [1.165, 1.54) is 19.5 Å². The van der Waals surface area contributed by atoms with E-state index in [0.29, 0.717) is 12.6 Å². The van der Waals surface area contributed by atoms with Crippen molar-refractivity contribution in [3.05, 3.63) is 35.9 Å². The van der Waals surface area contributed by atoms with Crippen molar-refractivity contribution in [3.63, 3.8) is 0 Å². The Morgan fingerprint density at radius 1 is 1.10 bits per heavy atom. The Labute approximate surface area is 120 Å². The van der Waals surface area contributed by atoms with Gasteiger partial charge < -0.3 is 14.5 Å². The maximum atomic E-state index is 12.0.